The van der Waals surface area contributed by atoms with Gasteiger partial charge in [-0.3, -0.25) is 0 Å². The van der Waals surface area contributed by atoms with Crippen LogP contribution in [0.3, 0.4) is 0 Å². The minimum Gasteiger partial charge on any atom is -0.370 e. The van der Waals surface area contributed by atoms with Gasteiger partial charge < -0.3 is 14.4 Å². The molecule has 0 saturated heterocycles. The highest BCUT2D eigenvalue weighted by Crippen LogP contribution is 2.47. The molecular formula is C27H35N3. The van der Waals surface area contributed by atoms with Crippen LogP contribution in [0.5, 0.6) is 0 Å². The van der Waals surface area contributed by atoms with Gasteiger partial charge >= 0.3 is 0 Å². The molecule has 3 aromatic rings. The van der Waals surface area contributed by atoms with Crippen molar-refractivity contribution in [2.45, 2.75) is 63.6 Å². The summed E-state index contributed by atoms with van der Waals surface area (Å²) in [6, 6.07) is 19.1. The highest BCUT2D eigenvalue weighted by molar-refractivity contribution is 5.95. The Bertz CT molecular complexity index is 1040. The first kappa shape index (κ1) is 19.7. The Balaban J connectivity index is 1.84. The van der Waals surface area contributed by atoms with E-state index >= 15 is 0 Å². The highest BCUT2D eigenvalue weighted by atomic mass is 15.2. The molecule has 0 spiro atoms. The van der Waals surface area contributed by atoms with Crippen LogP contribution in [-0.4, -0.2) is 42.7 Å². The normalized spacial score (nSPS) is 22.6. The third kappa shape index (κ3) is 3.06. The number of rotatable bonds is 2. The summed E-state index contributed by atoms with van der Waals surface area (Å²) in [5.74, 6) is 0.674. The summed E-state index contributed by atoms with van der Waals surface area (Å²) in [5, 5.41) is 1.48. The zero-order valence-corrected chi connectivity index (χ0v) is 18.9. The van der Waals surface area contributed by atoms with E-state index < -0.39 is 0 Å². The topological polar surface area (TPSA) is 11.4 Å². The van der Waals surface area contributed by atoms with Gasteiger partial charge in [0.15, 0.2) is 0 Å². The average Bonchev–Trinajstić information content (AvgIpc) is 3.10. The predicted octanol–water partition coefficient (Wildman–Crippen LogP) is 6.12. The lowest BCUT2D eigenvalue weighted by atomic mass is 9.81. The largest absolute Gasteiger partial charge is 0.370 e. The molecular weight excluding hydrogens is 366 g/mol. The van der Waals surface area contributed by atoms with Crippen LogP contribution < -0.4 is 4.90 Å². The number of hydrogen-bond acceptors (Lipinski definition) is 2. The molecule has 2 aliphatic rings. The number of fused-ring (bicyclic) bond motifs is 5. The SMILES string of the molecule is CC1C(N(C)C)Cn2c(c(C3CCCCC3)c3ccccc32)-c2ccccc2N1C. The van der Waals surface area contributed by atoms with Gasteiger partial charge in [0.2, 0.25) is 0 Å². The average molecular weight is 402 g/mol. The molecule has 0 bridgehead atoms. The molecule has 3 heteroatoms. The van der Waals surface area contributed by atoms with Gasteiger partial charge in [0.1, 0.15) is 0 Å². The second-order valence-electron chi connectivity index (χ2n) is 9.62. The first-order valence-electron chi connectivity index (χ1n) is 11.7. The summed E-state index contributed by atoms with van der Waals surface area (Å²) in [7, 11) is 6.74. The highest BCUT2D eigenvalue weighted by Gasteiger charge is 2.33. The van der Waals surface area contributed by atoms with Crippen molar-refractivity contribution in [1.29, 1.82) is 0 Å². The Hall–Kier alpha value is -2.26. The van der Waals surface area contributed by atoms with Crippen molar-refractivity contribution in [3.63, 3.8) is 0 Å². The predicted molar refractivity (Wildman–Crippen MR) is 129 cm³/mol. The van der Waals surface area contributed by atoms with Crippen molar-refractivity contribution >= 4 is 16.6 Å². The van der Waals surface area contributed by atoms with E-state index in [1.165, 1.54) is 60.0 Å². The van der Waals surface area contributed by atoms with E-state index in [9.17, 15) is 0 Å². The molecule has 2 heterocycles. The summed E-state index contributed by atoms with van der Waals surface area (Å²) in [5.41, 5.74) is 7.26. The molecule has 2 unspecified atom stereocenters. The molecule has 1 fully saturated rings. The van der Waals surface area contributed by atoms with Gasteiger partial charge in [0.05, 0.1) is 5.69 Å². The number of likely N-dealkylation sites (N-methyl/N-ethyl adjacent to an activating group) is 2. The fourth-order valence-electron chi connectivity index (χ4n) is 6.01. The van der Waals surface area contributed by atoms with Gasteiger partial charge in [-0.05, 0) is 57.5 Å². The second kappa shape index (κ2) is 7.77. The van der Waals surface area contributed by atoms with Gasteiger partial charge in [0.25, 0.3) is 0 Å². The van der Waals surface area contributed by atoms with Crippen molar-refractivity contribution in [3.05, 3.63) is 54.1 Å². The second-order valence-corrected chi connectivity index (χ2v) is 9.62. The number of nitrogens with zero attached hydrogens (tertiary/aromatic N) is 3. The summed E-state index contributed by atoms with van der Waals surface area (Å²) >= 11 is 0. The lowest BCUT2D eigenvalue weighted by molar-refractivity contribution is 0.232. The van der Waals surface area contributed by atoms with Crippen LogP contribution >= 0.6 is 0 Å². The maximum absolute atomic E-state index is 2.66. The Kier molecular flexibility index (Phi) is 5.10. The molecule has 158 valence electrons. The molecule has 1 aliphatic carbocycles. The minimum atomic E-state index is 0.425. The van der Waals surface area contributed by atoms with Gasteiger partial charge in [-0.2, -0.15) is 0 Å². The van der Waals surface area contributed by atoms with Crippen LogP contribution in [0, 0.1) is 0 Å². The van der Waals surface area contributed by atoms with Gasteiger partial charge in [-0.1, -0.05) is 55.7 Å². The fourth-order valence-corrected chi connectivity index (χ4v) is 6.01. The van der Waals surface area contributed by atoms with Gasteiger partial charge in [0, 0.05) is 47.8 Å². The van der Waals surface area contributed by atoms with E-state index in [4.69, 9.17) is 0 Å². The molecule has 3 nitrogen and oxygen atoms in total. The number of anilines is 1. The van der Waals surface area contributed by atoms with Crippen molar-refractivity contribution in [2.24, 2.45) is 0 Å². The number of aromatic nitrogens is 1. The lowest BCUT2D eigenvalue weighted by Crippen LogP contribution is -2.49. The Morgan fingerprint density at radius 1 is 0.900 bits per heavy atom. The first-order valence-corrected chi connectivity index (χ1v) is 11.7. The third-order valence-corrected chi connectivity index (χ3v) is 7.76. The lowest BCUT2D eigenvalue weighted by Gasteiger charge is -2.41. The molecule has 1 saturated carbocycles. The number of benzene rings is 2. The summed E-state index contributed by atoms with van der Waals surface area (Å²) in [6.07, 6.45) is 6.77. The Morgan fingerprint density at radius 2 is 1.60 bits per heavy atom. The van der Waals surface area contributed by atoms with E-state index in [2.05, 4.69) is 91.0 Å². The number of hydrogen-bond donors (Lipinski definition) is 0. The zero-order chi connectivity index (χ0) is 20.8. The zero-order valence-electron chi connectivity index (χ0n) is 18.9. The maximum Gasteiger partial charge on any atom is 0.0548 e. The number of para-hydroxylation sites is 2. The monoisotopic (exact) mass is 401 g/mol. The van der Waals surface area contributed by atoms with Crippen molar-refractivity contribution in [3.8, 4) is 11.3 Å². The maximum atomic E-state index is 2.66. The molecule has 2 aromatic carbocycles. The van der Waals surface area contributed by atoms with E-state index in [0.29, 0.717) is 18.0 Å². The van der Waals surface area contributed by atoms with E-state index in [0.717, 1.165) is 6.54 Å². The first-order chi connectivity index (χ1) is 14.6. The standard InChI is InChI=1S/C27H35N3/c1-19-25(28(2)3)18-30-24-17-11-8-14-21(24)26(20-12-6-5-7-13-20)27(30)22-15-9-10-16-23(22)29(19)4/h8-11,14-17,19-20,25H,5-7,12-13,18H2,1-4H3. The van der Waals surface area contributed by atoms with Crippen LogP contribution in [-0.2, 0) is 6.54 Å². The summed E-state index contributed by atoms with van der Waals surface area (Å²) < 4.78 is 2.66. The molecule has 0 radical (unpaired) electrons. The molecule has 1 aliphatic heterocycles. The van der Waals surface area contributed by atoms with Crippen molar-refractivity contribution < 1.29 is 0 Å². The third-order valence-electron chi connectivity index (χ3n) is 7.76. The molecule has 1 aromatic heterocycles. The summed E-state index contributed by atoms with van der Waals surface area (Å²) in [4.78, 5) is 4.92. The van der Waals surface area contributed by atoms with E-state index in [-0.39, 0.29) is 0 Å². The molecule has 0 N–H and O–H groups in total. The van der Waals surface area contributed by atoms with Crippen LogP contribution in [0.1, 0.15) is 50.5 Å². The van der Waals surface area contributed by atoms with Crippen LogP contribution in [0.15, 0.2) is 48.5 Å². The Labute approximate surface area is 181 Å². The summed E-state index contributed by atoms with van der Waals surface area (Å²) in [6.45, 7) is 3.40. The molecule has 30 heavy (non-hydrogen) atoms. The van der Waals surface area contributed by atoms with E-state index in [1.54, 1.807) is 5.56 Å². The van der Waals surface area contributed by atoms with Crippen molar-refractivity contribution in [2.75, 3.05) is 26.0 Å². The smallest absolute Gasteiger partial charge is 0.0548 e. The quantitative estimate of drug-likeness (QED) is 0.512. The Morgan fingerprint density at radius 3 is 2.37 bits per heavy atom. The van der Waals surface area contributed by atoms with Crippen LogP contribution in [0.2, 0.25) is 0 Å². The van der Waals surface area contributed by atoms with Gasteiger partial charge in [-0.25, -0.2) is 0 Å². The van der Waals surface area contributed by atoms with E-state index in [1.807, 2.05) is 0 Å². The molecule has 2 atom stereocenters. The van der Waals surface area contributed by atoms with Crippen LogP contribution in [0.4, 0.5) is 5.69 Å². The van der Waals surface area contributed by atoms with Crippen molar-refractivity contribution in [1.82, 2.24) is 9.47 Å². The van der Waals surface area contributed by atoms with Crippen LogP contribution in [0.25, 0.3) is 22.2 Å². The molecule has 0 amide bonds. The van der Waals surface area contributed by atoms with Gasteiger partial charge in [-0.15, -0.1) is 0 Å². The fraction of sp³-hybridized carbons (Fsp3) is 0.481. The minimum absolute atomic E-state index is 0.425. The molecule has 5 rings (SSSR count).